The molecule has 1 aliphatic rings. The molecule has 0 radical (unpaired) electrons. The molecule has 2 atom stereocenters. The van der Waals surface area contributed by atoms with Gasteiger partial charge >= 0.3 is 0 Å². The van der Waals surface area contributed by atoms with Gasteiger partial charge in [-0.3, -0.25) is 0 Å². The van der Waals surface area contributed by atoms with Gasteiger partial charge in [0.25, 0.3) is 0 Å². The fourth-order valence-electron chi connectivity index (χ4n) is 2.66. The van der Waals surface area contributed by atoms with Crippen LogP contribution in [0, 0.1) is 5.92 Å². The van der Waals surface area contributed by atoms with Gasteiger partial charge in [-0.1, -0.05) is 32.0 Å². The second-order valence-electron chi connectivity index (χ2n) is 6.15. The van der Waals surface area contributed by atoms with Crippen LogP contribution in [0.1, 0.15) is 51.5 Å². The van der Waals surface area contributed by atoms with Gasteiger partial charge in [-0.25, -0.2) is 0 Å². The smallest absolute Gasteiger partial charge is 0.122 e. The molecule has 106 valence electrons. The molecule has 0 amide bonds. The quantitative estimate of drug-likeness (QED) is 0.836. The van der Waals surface area contributed by atoms with Crippen LogP contribution < -0.4 is 10.1 Å². The SMILES string of the molecule is CC(C)CCC(C)NCC1CCOc2ccccc21. The Labute approximate surface area is 117 Å². The molecule has 0 saturated heterocycles. The standard InChI is InChI=1S/C17H27NO/c1-13(2)8-9-14(3)18-12-15-10-11-19-17-7-5-4-6-16(15)17/h4-7,13-15,18H,8-12H2,1-3H3. The average molecular weight is 261 g/mol. The number of ether oxygens (including phenoxy) is 1. The molecule has 0 bridgehead atoms. The van der Waals surface area contributed by atoms with Crippen molar-refractivity contribution < 1.29 is 4.74 Å². The van der Waals surface area contributed by atoms with E-state index in [9.17, 15) is 0 Å². The second-order valence-corrected chi connectivity index (χ2v) is 6.15. The zero-order valence-corrected chi connectivity index (χ0v) is 12.5. The van der Waals surface area contributed by atoms with E-state index in [1.807, 2.05) is 0 Å². The Morgan fingerprint density at radius 1 is 1.21 bits per heavy atom. The van der Waals surface area contributed by atoms with Gasteiger partial charge in [0.1, 0.15) is 5.75 Å². The van der Waals surface area contributed by atoms with Crippen LogP contribution in [0.15, 0.2) is 24.3 Å². The predicted octanol–water partition coefficient (Wildman–Crippen LogP) is 3.97. The van der Waals surface area contributed by atoms with E-state index in [0.717, 1.165) is 31.2 Å². The normalized spacial score (nSPS) is 19.9. The maximum atomic E-state index is 5.71. The molecule has 1 N–H and O–H groups in total. The van der Waals surface area contributed by atoms with Gasteiger partial charge < -0.3 is 10.1 Å². The fourth-order valence-corrected chi connectivity index (χ4v) is 2.66. The third-order valence-corrected chi connectivity index (χ3v) is 3.97. The summed E-state index contributed by atoms with van der Waals surface area (Å²) >= 11 is 0. The molecule has 0 aliphatic carbocycles. The van der Waals surface area contributed by atoms with Crippen molar-refractivity contribution >= 4 is 0 Å². The van der Waals surface area contributed by atoms with E-state index in [2.05, 4.69) is 50.4 Å². The van der Waals surface area contributed by atoms with Crippen molar-refractivity contribution in [2.75, 3.05) is 13.2 Å². The average Bonchev–Trinajstić information content (AvgIpc) is 2.42. The molecule has 0 spiro atoms. The summed E-state index contributed by atoms with van der Waals surface area (Å²) in [5.41, 5.74) is 1.37. The van der Waals surface area contributed by atoms with Gasteiger partial charge in [0.2, 0.25) is 0 Å². The lowest BCUT2D eigenvalue weighted by molar-refractivity contribution is 0.262. The zero-order chi connectivity index (χ0) is 13.7. The van der Waals surface area contributed by atoms with Gasteiger partial charge in [-0.15, -0.1) is 0 Å². The van der Waals surface area contributed by atoms with Crippen LogP contribution in [0.5, 0.6) is 5.75 Å². The molecule has 19 heavy (non-hydrogen) atoms. The molecule has 1 aromatic carbocycles. The van der Waals surface area contributed by atoms with Crippen LogP contribution in [0.2, 0.25) is 0 Å². The highest BCUT2D eigenvalue weighted by atomic mass is 16.5. The van der Waals surface area contributed by atoms with Crippen molar-refractivity contribution in [3.63, 3.8) is 0 Å². The highest BCUT2D eigenvalue weighted by Crippen LogP contribution is 2.32. The Morgan fingerprint density at radius 3 is 2.79 bits per heavy atom. The van der Waals surface area contributed by atoms with Crippen LogP contribution in [0.4, 0.5) is 0 Å². The van der Waals surface area contributed by atoms with Crippen molar-refractivity contribution in [3.05, 3.63) is 29.8 Å². The Morgan fingerprint density at radius 2 is 2.00 bits per heavy atom. The maximum Gasteiger partial charge on any atom is 0.122 e. The number of nitrogens with one attached hydrogen (secondary N) is 1. The summed E-state index contributed by atoms with van der Waals surface area (Å²) in [4.78, 5) is 0. The molecule has 0 aromatic heterocycles. The largest absolute Gasteiger partial charge is 0.493 e. The lowest BCUT2D eigenvalue weighted by Crippen LogP contribution is -2.32. The predicted molar refractivity (Wildman–Crippen MR) is 80.8 cm³/mol. The third-order valence-electron chi connectivity index (χ3n) is 3.97. The minimum absolute atomic E-state index is 0.603. The number of rotatable bonds is 6. The first-order valence-electron chi connectivity index (χ1n) is 7.62. The van der Waals surface area contributed by atoms with Crippen LogP contribution >= 0.6 is 0 Å². The van der Waals surface area contributed by atoms with Crippen LogP contribution in [-0.4, -0.2) is 19.2 Å². The van der Waals surface area contributed by atoms with Crippen LogP contribution in [0.3, 0.4) is 0 Å². The molecular formula is C17H27NO. The molecule has 1 aromatic rings. The molecule has 1 heterocycles. The summed E-state index contributed by atoms with van der Waals surface area (Å²) in [7, 11) is 0. The fraction of sp³-hybridized carbons (Fsp3) is 0.647. The number of hydrogen-bond acceptors (Lipinski definition) is 2. The van der Waals surface area contributed by atoms with Gasteiger partial charge in [-0.2, -0.15) is 0 Å². The van der Waals surface area contributed by atoms with E-state index >= 15 is 0 Å². The third kappa shape index (κ3) is 4.24. The van der Waals surface area contributed by atoms with Crippen molar-refractivity contribution in [1.82, 2.24) is 5.32 Å². The Bertz CT molecular complexity index is 389. The molecule has 1 aliphatic heterocycles. The van der Waals surface area contributed by atoms with Crippen LogP contribution in [0.25, 0.3) is 0 Å². The first-order chi connectivity index (χ1) is 9.16. The van der Waals surface area contributed by atoms with E-state index in [4.69, 9.17) is 4.74 Å². The molecule has 2 rings (SSSR count). The second kappa shape index (κ2) is 6.95. The van der Waals surface area contributed by atoms with Gasteiger partial charge in [0.05, 0.1) is 6.61 Å². The van der Waals surface area contributed by atoms with E-state index in [1.54, 1.807) is 0 Å². The van der Waals surface area contributed by atoms with E-state index < -0.39 is 0 Å². The number of hydrogen-bond donors (Lipinski definition) is 1. The number of fused-ring (bicyclic) bond motifs is 1. The summed E-state index contributed by atoms with van der Waals surface area (Å²) in [6.45, 7) is 8.81. The van der Waals surface area contributed by atoms with Gasteiger partial charge in [-0.05, 0) is 43.7 Å². The van der Waals surface area contributed by atoms with Crippen LogP contribution in [-0.2, 0) is 0 Å². The maximum absolute atomic E-state index is 5.71. The first kappa shape index (κ1) is 14.4. The van der Waals surface area contributed by atoms with E-state index in [1.165, 1.54) is 18.4 Å². The monoisotopic (exact) mass is 261 g/mol. The lowest BCUT2D eigenvalue weighted by Gasteiger charge is -2.27. The molecule has 0 saturated carbocycles. The molecule has 2 nitrogen and oxygen atoms in total. The van der Waals surface area contributed by atoms with Crippen molar-refractivity contribution in [2.24, 2.45) is 5.92 Å². The minimum atomic E-state index is 0.603. The summed E-state index contributed by atoms with van der Waals surface area (Å²) < 4.78 is 5.71. The Balaban J connectivity index is 1.84. The number of para-hydroxylation sites is 1. The Hall–Kier alpha value is -1.02. The summed E-state index contributed by atoms with van der Waals surface area (Å²) in [5.74, 6) is 2.48. The number of benzene rings is 1. The van der Waals surface area contributed by atoms with E-state index in [-0.39, 0.29) is 0 Å². The summed E-state index contributed by atoms with van der Waals surface area (Å²) in [5, 5.41) is 3.69. The Kier molecular flexibility index (Phi) is 5.26. The first-order valence-corrected chi connectivity index (χ1v) is 7.62. The van der Waals surface area contributed by atoms with E-state index in [0.29, 0.717) is 12.0 Å². The topological polar surface area (TPSA) is 21.3 Å². The van der Waals surface area contributed by atoms with Crippen molar-refractivity contribution in [2.45, 2.75) is 52.0 Å². The minimum Gasteiger partial charge on any atom is -0.493 e. The molecule has 2 unspecified atom stereocenters. The lowest BCUT2D eigenvalue weighted by atomic mass is 9.92. The van der Waals surface area contributed by atoms with Gasteiger partial charge in [0.15, 0.2) is 0 Å². The summed E-state index contributed by atoms with van der Waals surface area (Å²) in [6.07, 6.45) is 3.70. The molecule has 0 fully saturated rings. The zero-order valence-electron chi connectivity index (χ0n) is 12.5. The van der Waals surface area contributed by atoms with Gasteiger partial charge in [0, 0.05) is 18.5 Å². The highest BCUT2D eigenvalue weighted by Gasteiger charge is 2.21. The molecule has 2 heteroatoms. The highest BCUT2D eigenvalue weighted by molar-refractivity contribution is 5.37. The molecular weight excluding hydrogens is 234 g/mol. The van der Waals surface area contributed by atoms with Crippen molar-refractivity contribution in [1.29, 1.82) is 0 Å². The summed E-state index contributed by atoms with van der Waals surface area (Å²) in [6, 6.07) is 9.07. The van der Waals surface area contributed by atoms with Crippen molar-refractivity contribution in [3.8, 4) is 5.75 Å².